The second-order valence-electron chi connectivity index (χ2n) is 5.73. The Labute approximate surface area is 158 Å². The molecule has 1 heterocycles. The summed E-state index contributed by atoms with van der Waals surface area (Å²) in [6.07, 6.45) is -10.3. The third-order valence-electron chi connectivity index (χ3n) is 3.65. The first-order chi connectivity index (χ1) is 13.3. The number of rotatable bonds is 3. The molecule has 0 bridgehead atoms. The highest BCUT2D eigenvalue weighted by molar-refractivity contribution is 7.87. The van der Waals surface area contributed by atoms with Gasteiger partial charge in [-0.15, -0.1) is 0 Å². The number of halogens is 6. The van der Waals surface area contributed by atoms with Crippen LogP contribution in [0.4, 0.5) is 26.3 Å². The molecule has 0 spiro atoms. The molecule has 0 fully saturated rings. The topological polar surface area (TPSA) is 73.6 Å². The summed E-state index contributed by atoms with van der Waals surface area (Å²) in [5.41, 5.74) is -4.13. The quantitative estimate of drug-likeness (QED) is 0.340. The Hall–Kier alpha value is -3.02. The average Bonchev–Trinajstić information content (AvgIpc) is 2.59. The molecule has 1 aromatic heterocycles. The van der Waals surface area contributed by atoms with E-state index in [4.69, 9.17) is 4.42 Å². The summed E-state index contributed by atoms with van der Waals surface area (Å²) < 4.78 is 111. The van der Waals surface area contributed by atoms with Gasteiger partial charge in [-0.1, -0.05) is 0 Å². The van der Waals surface area contributed by atoms with Crippen molar-refractivity contribution in [2.75, 3.05) is 0 Å². The lowest BCUT2D eigenvalue weighted by molar-refractivity contribution is -0.143. The molecule has 12 heteroatoms. The van der Waals surface area contributed by atoms with Gasteiger partial charge in [0.1, 0.15) is 16.2 Å². The van der Waals surface area contributed by atoms with E-state index in [1.807, 2.05) is 0 Å². The van der Waals surface area contributed by atoms with E-state index in [-0.39, 0.29) is 29.2 Å². The summed E-state index contributed by atoms with van der Waals surface area (Å²) in [4.78, 5) is 10.6. The van der Waals surface area contributed by atoms with E-state index in [0.717, 1.165) is 24.3 Å². The molecule has 0 aliphatic rings. The Morgan fingerprint density at radius 1 is 0.793 bits per heavy atom. The highest BCUT2D eigenvalue weighted by Gasteiger charge is 2.37. The summed E-state index contributed by atoms with van der Waals surface area (Å²) in [6, 6.07) is 5.39. The summed E-state index contributed by atoms with van der Waals surface area (Å²) in [5, 5.41) is 0.147. The van der Waals surface area contributed by atoms with E-state index >= 15 is 0 Å². The van der Waals surface area contributed by atoms with Crippen LogP contribution in [0.3, 0.4) is 0 Å². The minimum Gasteiger partial charge on any atom is -0.423 e. The van der Waals surface area contributed by atoms with Crippen molar-refractivity contribution in [3.05, 3.63) is 70.1 Å². The fourth-order valence-electron chi connectivity index (χ4n) is 2.35. The van der Waals surface area contributed by atoms with Gasteiger partial charge in [0.25, 0.3) is 0 Å². The Bertz CT molecular complexity index is 1210. The van der Waals surface area contributed by atoms with Crippen LogP contribution in [0.2, 0.25) is 0 Å². The van der Waals surface area contributed by atoms with Crippen LogP contribution in [0.15, 0.2) is 62.6 Å². The molecule has 29 heavy (non-hydrogen) atoms. The van der Waals surface area contributed by atoms with Gasteiger partial charge in [0.15, 0.2) is 0 Å². The summed E-state index contributed by atoms with van der Waals surface area (Å²) in [7, 11) is -4.79. The fraction of sp³-hybridized carbons (Fsp3) is 0.118. The first kappa shape index (κ1) is 20.7. The first-order valence-electron chi connectivity index (χ1n) is 7.54. The van der Waals surface area contributed by atoms with Gasteiger partial charge in [-0.05, 0) is 42.5 Å². The van der Waals surface area contributed by atoms with Crippen LogP contribution in [-0.4, -0.2) is 8.42 Å². The van der Waals surface area contributed by atoms with Gasteiger partial charge in [-0.2, -0.15) is 34.8 Å². The molecule has 3 rings (SSSR count). The molecule has 0 atom stereocenters. The summed E-state index contributed by atoms with van der Waals surface area (Å²) >= 11 is 0. The largest absolute Gasteiger partial charge is 0.423 e. The van der Waals surface area contributed by atoms with Crippen molar-refractivity contribution < 1.29 is 43.4 Å². The zero-order valence-electron chi connectivity index (χ0n) is 13.8. The minimum atomic E-state index is -5.16. The van der Waals surface area contributed by atoms with E-state index < -0.39 is 49.9 Å². The lowest BCUT2D eigenvalue weighted by Crippen LogP contribution is -2.14. The number of alkyl halides is 6. The highest BCUT2D eigenvalue weighted by Crippen LogP contribution is 2.38. The molecular weight excluding hydrogens is 430 g/mol. The third kappa shape index (κ3) is 4.53. The smallest absolute Gasteiger partial charge is 0.416 e. The van der Waals surface area contributed by atoms with Crippen LogP contribution in [-0.2, 0) is 22.5 Å². The van der Waals surface area contributed by atoms with E-state index in [1.165, 1.54) is 6.07 Å². The normalized spacial score (nSPS) is 12.9. The molecule has 5 nitrogen and oxygen atoms in total. The van der Waals surface area contributed by atoms with Crippen LogP contribution < -0.4 is 9.81 Å². The molecule has 0 radical (unpaired) electrons. The van der Waals surface area contributed by atoms with Crippen molar-refractivity contribution in [3.8, 4) is 5.75 Å². The van der Waals surface area contributed by atoms with E-state index in [2.05, 4.69) is 4.18 Å². The molecule has 2 aromatic carbocycles. The number of benzene rings is 2. The van der Waals surface area contributed by atoms with E-state index in [9.17, 15) is 39.6 Å². The monoisotopic (exact) mass is 438 g/mol. The Morgan fingerprint density at radius 3 is 1.93 bits per heavy atom. The van der Waals surface area contributed by atoms with Gasteiger partial charge in [0.05, 0.1) is 11.1 Å². The van der Waals surface area contributed by atoms with Gasteiger partial charge >= 0.3 is 28.1 Å². The molecule has 0 amide bonds. The Morgan fingerprint density at radius 2 is 1.38 bits per heavy atom. The average molecular weight is 438 g/mol. The number of hydrogen-bond donors (Lipinski definition) is 0. The second-order valence-corrected chi connectivity index (χ2v) is 7.28. The van der Waals surface area contributed by atoms with Gasteiger partial charge in [-0.25, -0.2) is 4.79 Å². The van der Waals surface area contributed by atoms with Gasteiger partial charge in [0.2, 0.25) is 0 Å². The maximum Gasteiger partial charge on any atom is 0.416 e. The zero-order valence-corrected chi connectivity index (χ0v) is 14.7. The summed E-state index contributed by atoms with van der Waals surface area (Å²) in [6.45, 7) is 0. The van der Waals surface area contributed by atoms with E-state index in [1.54, 1.807) is 0 Å². The highest BCUT2D eigenvalue weighted by atomic mass is 32.2. The van der Waals surface area contributed by atoms with Crippen LogP contribution in [0.5, 0.6) is 5.75 Å². The van der Waals surface area contributed by atoms with Crippen molar-refractivity contribution in [1.82, 2.24) is 0 Å². The standard InChI is InChI=1S/C17H8F6O5S/c18-16(19,20)10-6-11(17(21,22)23)8-12(7-10)28-29(25,26)13-2-3-14-9(5-13)1-4-15(24)27-14/h1-8H. The Kier molecular flexibility index (Phi) is 4.85. The minimum absolute atomic E-state index is 0.0230. The van der Waals surface area contributed by atoms with Crippen LogP contribution in [0.25, 0.3) is 11.0 Å². The SMILES string of the molecule is O=c1ccc2cc(S(=O)(=O)Oc3cc(C(F)(F)F)cc(C(F)(F)F)c3)ccc2o1. The number of fused-ring (bicyclic) bond motifs is 1. The molecule has 0 saturated heterocycles. The predicted molar refractivity (Wildman–Crippen MR) is 86.7 cm³/mol. The Balaban J connectivity index is 2.06. The van der Waals surface area contributed by atoms with Crippen LogP contribution in [0.1, 0.15) is 11.1 Å². The third-order valence-corrected chi connectivity index (χ3v) is 4.89. The van der Waals surface area contributed by atoms with Crippen molar-refractivity contribution in [2.24, 2.45) is 0 Å². The molecule has 0 aliphatic carbocycles. The van der Waals surface area contributed by atoms with Crippen LogP contribution in [0, 0.1) is 0 Å². The molecule has 0 unspecified atom stereocenters. The molecular formula is C17H8F6O5S. The second kappa shape index (κ2) is 6.79. The lowest BCUT2D eigenvalue weighted by Gasteiger charge is -2.14. The predicted octanol–water partition coefficient (Wildman–Crippen LogP) is 4.60. The fourth-order valence-corrected chi connectivity index (χ4v) is 3.31. The zero-order chi connectivity index (χ0) is 21.6. The maximum absolute atomic E-state index is 12.9. The van der Waals surface area contributed by atoms with Gasteiger partial charge in [0, 0.05) is 11.5 Å². The molecule has 154 valence electrons. The lowest BCUT2D eigenvalue weighted by atomic mass is 10.1. The van der Waals surface area contributed by atoms with E-state index in [0.29, 0.717) is 0 Å². The summed E-state index contributed by atoms with van der Waals surface area (Å²) in [5.74, 6) is -1.16. The van der Waals surface area contributed by atoms with Gasteiger partial charge < -0.3 is 8.60 Å². The molecule has 0 N–H and O–H groups in total. The van der Waals surface area contributed by atoms with Crippen molar-refractivity contribution in [3.63, 3.8) is 0 Å². The van der Waals surface area contributed by atoms with Crippen molar-refractivity contribution >= 4 is 21.1 Å². The molecule has 0 aliphatic heterocycles. The molecule has 0 saturated carbocycles. The van der Waals surface area contributed by atoms with Crippen LogP contribution >= 0.6 is 0 Å². The molecule has 3 aromatic rings. The number of hydrogen-bond acceptors (Lipinski definition) is 5. The van der Waals surface area contributed by atoms with Crippen molar-refractivity contribution in [2.45, 2.75) is 17.2 Å². The maximum atomic E-state index is 12.9. The van der Waals surface area contributed by atoms with Gasteiger partial charge in [-0.3, -0.25) is 0 Å². The first-order valence-corrected chi connectivity index (χ1v) is 8.94. The van der Waals surface area contributed by atoms with Crippen molar-refractivity contribution in [1.29, 1.82) is 0 Å².